The first-order valence-corrected chi connectivity index (χ1v) is 8.79. The molecule has 1 fully saturated rings. The van der Waals surface area contributed by atoms with E-state index < -0.39 is 12.0 Å². The zero-order chi connectivity index (χ0) is 18.7. The first-order chi connectivity index (χ1) is 12.5. The SMILES string of the molecule is Cc1ccccc1C(C(=O)O)N1CCCC(C(=O)c2ccc(F)cc2)C1. The van der Waals surface area contributed by atoms with Gasteiger partial charge in [0.15, 0.2) is 5.78 Å². The molecule has 1 saturated heterocycles. The maximum absolute atomic E-state index is 13.1. The van der Waals surface area contributed by atoms with Gasteiger partial charge in [-0.1, -0.05) is 24.3 Å². The van der Waals surface area contributed by atoms with Crippen molar-refractivity contribution in [2.75, 3.05) is 13.1 Å². The van der Waals surface area contributed by atoms with Crippen LogP contribution < -0.4 is 0 Å². The average Bonchev–Trinajstić information content (AvgIpc) is 2.64. The molecule has 0 saturated carbocycles. The summed E-state index contributed by atoms with van der Waals surface area (Å²) in [7, 11) is 0. The summed E-state index contributed by atoms with van der Waals surface area (Å²) in [6.07, 6.45) is 1.47. The van der Waals surface area contributed by atoms with Crippen molar-refractivity contribution < 1.29 is 19.1 Å². The summed E-state index contributed by atoms with van der Waals surface area (Å²) in [6, 6.07) is 12.2. The highest BCUT2D eigenvalue weighted by atomic mass is 19.1. The van der Waals surface area contributed by atoms with E-state index in [4.69, 9.17) is 0 Å². The molecule has 1 N–H and O–H groups in total. The summed E-state index contributed by atoms with van der Waals surface area (Å²) >= 11 is 0. The van der Waals surface area contributed by atoms with Gasteiger partial charge in [-0.05, 0) is 61.7 Å². The number of hydrogen-bond acceptors (Lipinski definition) is 3. The van der Waals surface area contributed by atoms with E-state index in [1.807, 2.05) is 36.1 Å². The summed E-state index contributed by atoms with van der Waals surface area (Å²) in [5, 5.41) is 9.81. The zero-order valence-corrected chi connectivity index (χ0v) is 14.7. The number of halogens is 1. The molecule has 0 bridgehead atoms. The molecular formula is C21H22FNO3. The Balaban J connectivity index is 1.82. The fraction of sp³-hybridized carbons (Fsp3) is 0.333. The molecular weight excluding hydrogens is 333 g/mol. The lowest BCUT2D eigenvalue weighted by Crippen LogP contribution is -2.43. The van der Waals surface area contributed by atoms with E-state index in [2.05, 4.69) is 0 Å². The first-order valence-electron chi connectivity index (χ1n) is 8.79. The number of carboxylic acids is 1. The summed E-state index contributed by atoms with van der Waals surface area (Å²) in [6.45, 7) is 2.93. The second-order valence-electron chi connectivity index (χ2n) is 6.80. The van der Waals surface area contributed by atoms with Crippen LogP contribution >= 0.6 is 0 Å². The maximum atomic E-state index is 13.1. The minimum absolute atomic E-state index is 0.0522. The minimum atomic E-state index is -0.908. The third-order valence-electron chi connectivity index (χ3n) is 5.03. The lowest BCUT2D eigenvalue weighted by molar-refractivity contribution is -0.144. The number of Topliss-reactive ketones (excluding diaryl/α,β-unsaturated/α-hetero) is 1. The highest BCUT2D eigenvalue weighted by Crippen LogP contribution is 2.30. The first kappa shape index (κ1) is 18.3. The summed E-state index contributed by atoms with van der Waals surface area (Å²) in [5.74, 6) is -1.62. The van der Waals surface area contributed by atoms with Crippen LogP contribution in [0.3, 0.4) is 0 Å². The Bertz CT molecular complexity index is 803. The van der Waals surface area contributed by atoms with E-state index in [-0.39, 0.29) is 17.5 Å². The van der Waals surface area contributed by atoms with Crippen LogP contribution in [0, 0.1) is 18.7 Å². The van der Waals surface area contributed by atoms with E-state index in [1.165, 1.54) is 24.3 Å². The molecule has 1 heterocycles. The average molecular weight is 355 g/mol. The molecule has 2 aromatic carbocycles. The predicted molar refractivity (Wildman–Crippen MR) is 96.6 cm³/mol. The molecule has 5 heteroatoms. The van der Waals surface area contributed by atoms with Crippen LogP contribution in [0.2, 0.25) is 0 Å². The number of likely N-dealkylation sites (tertiary alicyclic amines) is 1. The second-order valence-corrected chi connectivity index (χ2v) is 6.80. The molecule has 136 valence electrons. The number of aliphatic carboxylic acids is 1. The number of hydrogen-bond donors (Lipinski definition) is 1. The van der Waals surface area contributed by atoms with Gasteiger partial charge in [-0.2, -0.15) is 0 Å². The van der Waals surface area contributed by atoms with Gasteiger partial charge in [0, 0.05) is 18.0 Å². The van der Waals surface area contributed by atoms with Crippen LogP contribution in [0.5, 0.6) is 0 Å². The number of carbonyl (C=O) groups is 2. The van der Waals surface area contributed by atoms with Gasteiger partial charge in [-0.25, -0.2) is 4.39 Å². The van der Waals surface area contributed by atoms with Crippen LogP contribution in [0.1, 0.15) is 40.4 Å². The molecule has 0 amide bonds. The fourth-order valence-electron chi connectivity index (χ4n) is 3.68. The molecule has 0 aromatic heterocycles. The highest BCUT2D eigenvalue weighted by Gasteiger charge is 2.34. The molecule has 3 rings (SSSR count). The lowest BCUT2D eigenvalue weighted by Gasteiger charge is -2.36. The van der Waals surface area contributed by atoms with Crippen LogP contribution in [0.15, 0.2) is 48.5 Å². The van der Waals surface area contributed by atoms with Gasteiger partial charge in [-0.15, -0.1) is 0 Å². The highest BCUT2D eigenvalue weighted by molar-refractivity contribution is 5.98. The lowest BCUT2D eigenvalue weighted by atomic mass is 9.88. The largest absolute Gasteiger partial charge is 0.480 e. The van der Waals surface area contributed by atoms with Crippen molar-refractivity contribution in [3.63, 3.8) is 0 Å². The van der Waals surface area contributed by atoms with Gasteiger partial charge in [0.2, 0.25) is 0 Å². The molecule has 1 aliphatic heterocycles. The number of benzene rings is 2. The molecule has 1 aliphatic rings. The van der Waals surface area contributed by atoms with Crippen LogP contribution in [-0.2, 0) is 4.79 Å². The van der Waals surface area contributed by atoms with E-state index >= 15 is 0 Å². The van der Waals surface area contributed by atoms with Crippen molar-refractivity contribution in [1.82, 2.24) is 4.90 Å². The number of nitrogens with zero attached hydrogens (tertiary/aromatic N) is 1. The molecule has 4 nitrogen and oxygen atoms in total. The number of aryl methyl sites for hydroxylation is 1. The molecule has 26 heavy (non-hydrogen) atoms. The van der Waals surface area contributed by atoms with Gasteiger partial charge >= 0.3 is 5.97 Å². The van der Waals surface area contributed by atoms with Crippen molar-refractivity contribution in [3.8, 4) is 0 Å². The normalized spacial score (nSPS) is 19.1. The Hall–Kier alpha value is -2.53. The Labute approximate surface area is 152 Å². The van der Waals surface area contributed by atoms with Crippen LogP contribution in [-0.4, -0.2) is 34.8 Å². The molecule has 0 radical (unpaired) electrons. The predicted octanol–water partition coefficient (Wildman–Crippen LogP) is 3.85. The number of carboxylic acid groups (broad SMARTS) is 1. The zero-order valence-electron chi connectivity index (χ0n) is 14.7. The van der Waals surface area contributed by atoms with Crippen molar-refractivity contribution >= 4 is 11.8 Å². The number of rotatable bonds is 5. The van der Waals surface area contributed by atoms with Gasteiger partial charge < -0.3 is 5.11 Å². The molecule has 2 aromatic rings. The Morgan fingerprint density at radius 2 is 1.85 bits per heavy atom. The fourth-order valence-corrected chi connectivity index (χ4v) is 3.68. The molecule has 0 aliphatic carbocycles. The summed E-state index contributed by atoms with van der Waals surface area (Å²) in [5.41, 5.74) is 2.16. The quantitative estimate of drug-likeness (QED) is 0.828. The second kappa shape index (κ2) is 7.79. The van der Waals surface area contributed by atoms with E-state index in [9.17, 15) is 19.1 Å². The van der Waals surface area contributed by atoms with Crippen molar-refractivity contribution in [2.45, 2.75) is 25.8 Å². The molecule has 2 atom stereocenters. The van der Waals surface area contributed by atoms with E-state index in [0.717, 1.165) is 17.5 Å². The number of ketones is 1. The topological polar surface area (TPSA) is 57.6 Å². The van der Waals surface area contributed by atoms with Crippen molar-refractivity contribution in [3.05, 3.63) is 71.0 Å². The van der Waals surface area contributed by atoms with Gasteiger partial charge in [-0.3, -0.25) is 14.5 Å². The number of piperidine rings is 1. The minimum Gasteiger partial charge on any atom is -0.480 e. The van der Waals surface area contributed by atoms with Crippen molar-refractivity contribution in [2.24, 2.45) is 5.92 Å². The molecule has 0 spiro atoms. The smallest absolute Gasteiger partial charge is 0.325 e. The van der Waals surface area contributed by atoms with Gasteiger partial charge in [0.1, 0.15) is 11.9 Å². The number of carbonyl (C=O) groups excluding carboxylic acids is 1. The van der Waals surface area contributed by atoms with E-state index in [1.54, 1.807) is 0 Å². The van der Waals surface area contributed by atoms with Gasteiger partial charge in [0.25, 0.3) is 0 Å². The third-order valence-corrected chi connectivity index (χ3v) is 5.03. The standard InChI is InChI=1S/C21H22FNO3/c1-14-5-2-3-7-18(14)19(21(25)26)23-12-4-6-16(13-23)20(24)15-8-10-17(22)11-9-15/h2-3,5,7-11,16,19H,4,6,12-13H2,1H3,(H,25,26). The van der Waals surface area contributed by atoms with Crippen LogP contribution in [0.4, 0.5) is 4.39 Å². The summed E-state index contributed by atoms with van der Waals surface area (Å²) in [4.78, 5) is 26.6. The van der Waals surface area contributed by atoms with Gasteiger partial charge in [0.05, 0.1) is 0 Å². The summed E-state index contributed by atoms with van der Waals surface area (Å²) < 4.78 is 13.1. The van der Waals surface area contributed by atoms with Crippen LogP contribution in [0.25, 0.3) is 0 Å². The Morgan fingerprint density at radius 1 is 1.15 bits per heavy atom. The van der Waals surface area contributed by atoms with Crippen molar-refractivity contribution in [1.29, 1.82) is 0 Å². The molecule has 2 unspecified atom stereocenters. The Kier molecular flexibility index (Phi) is 5.47. The Morgan fingerprint density at radius 3 is 2.50 bits per heavy atom. The third kappa shape index (κ3) is 3.83. The monoisotopic (exact) mass is 355 g/mol. The van der Waals surface area contributed by atoms with E-state index in [0.29, 0.717) is 25.1 Å². The maximum Gasteiger partial charge on any atom is 0.325 e.